The second-order valence-electron chi connectivity index (χ2n) is 5.39. The highest BCUT2D eigenvalue weighted by Gasteiger charge is 2.43. The summed E-state index contributed by atoms with van der Waals surface area (Å²) in [6, 6.07) is 8.73. The molecule has 1 aromatic rings. The van der Waals surface area contributed by atoms with Gasteiger partial charge < -0.3 is 5.11 Å². The van der Waals surface area contributed by atoms with Gasteiger partial charge in [0.25, 0.3) is 0 Å². The lowest BCUT2D eigenvalue weighted by Crippen LogP contribution is -2.36. The zero-order valence-electron chi connectivity index (χ0n) is 9.65. The largest absolute Gasteiger partial charge is 0.396 e. The minimum Gasteiger partial charge on any atom is -0.396 e. The minimum absolute atomic E-state index is 0.256. The molecule has 0 spiro atoms. The van der Waals surface area contributed by atoms with E-state index in [1.54, 1.807) is 0 Å². The Morgan fingerprint density at radius 1 is 1.19 bits per heavy atom. The lowest BCUT2D eigenvalue weighted by Gasteiger charge is -2.31. The van der Waals surface area contributed by atoms with E-state index in [0.29, 0.717) is 6.61 Å². The molecular weight excluding hydrogens is 198 g/mol. The fraction of sp³-hybridized carbons (Fsp3) is 0.571. The maximum atomic E-state index is 9.36. The van der Waals surface area contributed by atoms with Gasteiger partial charge >= 0.3 is 0 Å². The van der Waals surface area contributed by atoms with Crippen molar-refractivity contribution in [2.75, 3.05) is 19.7 Å². The van der Waals surface area contributed by atoms with E-state index < -0.39 is 0 Å². The van der Waals surface area contributed by atoms with E-state index >= 15 is 0 Å². The molecule has 1 heterocycles. The molecule has 1 aliphatic carbocycles. The topological polar surface area (TPSA) is 23.5 Å². The molecule has 0 radical (unpaired) electrons. The zero-order chi connectivity index (χ0) is 11.0. The van der Waals surface area contributed by atoms with Crippen LogP contribution < -0.4 is 0 Å². The predicted octanol–water partition coefficient (Wildman–Crippen LogP) is 1.82. The van der Waals surface area contributed by atoms with Crippen LogP contribution in [-0.2, 0) is 13.0 Å². The van der Waals surface area contributed by atoms with Crippen molar-refractivity contribution >= 4 is 0 Å². The van der Waals surface area contributed by atoms with Crippen LogP contribution in [0.4, 0.5) is 0 Å². The summed E-state index contributed by atoms with van der Waals surface area (Å²) in [6.07, 6.45) is 3.58. The average Bonchev–Trinajstić information content (AvgIpc) is 3.09. The van der Waals surface area contributed by atoms with E-state index in [1.165, 1.54) is 24.0 Å². The Morgan fingerprint density at radius 2 is 1.94 bits per heavy atom. The van der Waals surface area contributed by atoms with Crippen molar-refractivity contribution < 1.29 is 5.11 Å². The summed E-state index contributed by atoms with van der Waals surface area (Å²) in [5, 5.41) is 9.36. The minimum atomic E-state index is 0.256. The molecule has 2 heteroatoms. The Morgan fingerprint density at radius 3 is 2.62 bits per heavy atom. The van der Waals surface area contributed by atoms with Gasteiger partial charge in [0.1, 0.15) is 0 Å². The van der Waals surface area contributed by atoms with E-state index in [-0.39, 0.29) is 5.41 Å². The summed E-state index contributed by atoms with van der Waals surface area (Å²) in [6.45, 7) is 3.67. The highest BCUT2D eigenvalue weighted by Crippen LogP contribution is 2.46. The van der Waals surface area contributed by atoms with Gasteiger partial charge in [0.2, 0.25) is 0 Å². The van der Waals surface area contributed by atoms with Gasteiger partial charge in [-0.2, -0.15) is 0 Å². The van der Waals surface area contributed by atoms with Gasteiger partial charge in [-0.25, -0.2) is 0 Å². The molecule has 0 amide bonds. The molecule has 16 heavy (non-hydrogen) atoms. The molecule has 86 valence electrons. The van der Waals surface area contributed by atoms with Crippen molar-refractivity contribution in [1.29, 1.82) is 0 Å². The van der Waals surface area contributed by atoms with Gasteiger partial charge in [-0.05, 0) is 30.4 Å². The summed E-state index contributed by atoms with van der Waals surface area (Å²) in [5.41, 5.74) is 3.24. The lowest BCUT2D eigenvalue weighted by molar-refractivity contribution is 0.140. The molecule has 1 aromatic carbocycles. The average molecular weight is 217 g/mol. The van der Waals surface area contributed by atoms with Crippen LogP contribution >= 0.6 is 0 Å². The van der Waals surface area contributed by atoms with Crippen LogP contribution in [0.3, 0.4) is 0 Å². The van der Waals surface area contributed by atoms with Crippen molar-refractivity contribution in [3.63, 3.8) is 0 Å². The Kier molecular flexibility index (Phi) is 2.49. The monoisotopic (exact) mass is 217 g/mol. The summed E-state index contributed by atoms with van der Waals surface area (Å²) in [5.74, 6) is 0. The molecule has 0 aromatic heterocycles. The van der Waals surface area contributed by atoms with Gasteiger partial charge in [-0.3, -0.25) is 4.90 Å². The van der Waals surface area contributed by atoms with Gasteiger partial charge in [0.05, 0.1) is 0 Å². The van der Waals surface area contributed by atoms with Crippen molar-refractivity contribution in [2.45, 2.75) is 25.8 Å². The zero-order valence-corrected chi connectivity index (χ0v) is 9.65. The molecule has 1 fully saturated rings. The third-order valence-corrected chi connectivity index (χ3v) is 4.06. The first kappa shape index (κ1) is 10.3. The maximum Gasteiger partial charge on any atom is 0.0499 e. The molecule has 1 N–H and O–H groups in total. The van der Waals surface area contributed by atoms with Crippen LogP contribution in [0.5, 0.6) is 0 Å². The number of rotatable bonds is 3. The first-order valence-corrected chi connectivity index (χ1v) is 6.21. The van der Waals surface area contributed by atoms with Crippen molar-refractivity contribution in [1.82, 2.24) is 4.90 Å². The SMILES string of the molecule is OCC1(CN2CCc3ccccc3C2)CC1. The molecule has 0 unspecified atom stereocenters. The van der Waals surface area contributed by atoms with E-state index in [9.17, 15) is 5.11 Å². The van der Waals surface area contributed by atoms with Crippen LogP contribution in [0.1, 0.15) is 24.0 Å². The fourth-order valence-electron chi connectivity index (χ4n) is 2.71. The molecule has 1 aliphatic heterocycles. The highest BCUT2D eigenvalue weighted by molar-refractivity contribution is 5.29. The van der Waals surface area contributed by atoms with Crippen molar-refractivity contribution in [3.8, 4) is 0 Å². The number of hydrogen-bond donors (Lipinski definition) is 1. The molecule has 1 saturated carbocycles. The predicted molar refractivity (Wildman–Crippen MR) is 64.2 cm³/mol. The number of aliphatic hydroxyl groups excluding tert-OH is 1. The van der Waals surface area contributed by atoms with Gasteiger partial charge in [0.15, 0.2) is 0 Å². The normalized spacial score (nSPS) is 22.8. The summed E-state index contributed by atoms with van der Waals surface area (Å²) < 4.78 is 0. The van der Waals surface area contributed by atoms with Crippen LogP contribution in [0.25, 0.3) is 0 Å². The van der Waals surface area contributed by atoms with Crippen LogP contribution in [-0.4, -0.2) is 29.7 Å². The molecular formula is C14H19NO. The lowest BCUT2D eigenvalue weighted by atomic mass is 9.98. The Bertz CT molecular complexity index is 384. The molecule has 0 atom stereocenters. The van der Waals surface area contributed by atoms with E-state index in [2.05, 4.69) is 29.2 Å². The number of benzene rings is 1. The number of hydrogen-bond acceptors (Lipinski definition) is 2. The highest BCUT2D eigenvalue weighted by atomic mass is 16.3. The Balaban J connectivity index is 1.69. The third kappa shape index (κ3) is 1.87. The Labute approximate surface area is 96.9 Å². The molecule has 2 aliphatic rings. The number of nitrogens with zero attached hydrogens (tertiary/aromatic N) is 1. The van der Waals surface area contributed by atoms with Crippen LogP contribution in [0, 0.1) is 5.41 Å². The van der Waals surface area contributed by atoms with Gasteiger partial charge in [0, 0.05) is 31.7 Å². The van der Waals surface area contributed by atoms with Gasteiger partial charge in [-0.15, -0.1) is 0 Å². The Hall–Kier alpha value is -0.860. The van der Waals surface area contributed by atoms with E-state index in [4.69, 9.17) is 0 Å². The van der Waals surface area contributed by atoms with Crippen molar-refractivity contribution in [3.05, 3.63) is 35.4 Å². The second kappa shape index (κ2) is 3.86. The quantitative estimate of drug-likeness (QED) is 0.834. The molecule has 0 bridgehead atoms. The van der Waals surface area contributed by atoms with E-state index in [1.807, 2.05) is 0 Å². The summed E-state index contributed by atoms with van der Waals surface area (Å²) in [7, 11) is 0. The van der Waals surface area contributed by atoms with Gasteiger partial charge in [-0.1, -0.05) is 24.3 Å². The molecule has 2 nitrogen and oxygen atoms in total. The van der Waals surface area contributed by atoms with Crippen molar-refractivity contribution in [2.24, 2.45) is 5.41 Å². The molecule has 0 saturated heterocycles. The first-order valence-electron chi connectivity index (χ1n) is 6.21. The summed E-state index contributed by atoms with van der Waals surface area (Å²) in [4.78, 5) is 2.51. The van der Waals surface area contributed by atoms with E-state index in [0.717, 1.165) is 26.1 Å². The third-order valence-electron chi connectivity index (χ3n) is 4.06. The summed E-state index contributed by atoms with van der Waals surface area (Å²) >= 11 is 0. The smallest absolute Gasteiger partial charge is 0.0499 e. The molecule has 3 rings (SSSR count). The first-order chi connectivity index (χ1) is 7.81. The number of fused-ring (bicyclic) bond motifs is 1. The second-order valence-corrected chi connectivity index (χ2v) is 5.39. The van der Waals surface area contributed by atoms with Crippen LogP contribution in [0.2, 0.25) is 0 Å². The maximum absolute atomic E-state index is 9.36. The number of aliphatic hydroxyl groups is 1. The standard InChI is InChI=1S/C14H19NO/c16-11-14(6-7-14)10-15-8-5-12-3-1-2-4-13(12)9-15/h1-4,16H,5-11H2. The fourth-order valence-corrected chi connectivity index (χ4v) is 2.71. The van der Waals surface area contributed by atoms with Crippen LogP contribution in [0.15, 0.2) is 24.3 Å².